The summed E-state index contributed by atoms with van der Waals surface area (Å²) >= 11 is 0. The number of likely N-dealkylation sites (tertiary alicyclic amines) is 3. The van der Waals surface area contributed by atoms with E-state index in [9.17, 15) is 47.9 Å². The van der Waals surface area contributed by atoms with Crippen molar-refractivity contribution in [3.05, 3.63) is 145 Å². The van der Waals surface area contributed by atoms with Crippen LogP contribution in [0.4, 0.5) is 14.4 Å². The van der Waals surface area contributed by atoms with Crippen molar-refractivity contribution in [3.63, 3.8) is 0 Å². The van der Waals surface area contributed by atoms with Gasteiger partial charge in [0, 0.05) is 199 Å². The Morgan fingerprint density at radius 2 is 0.804 bits per heavy atom. The number of fused-ring (bicyclic) bond motifs is 6. The van der Waals surface area contributed by atoms with E-state index in [0.29, 0.717) is 117 Å². The van der Waals surface area contributed by atoms with Crippen molar-refractivity contribution in [1.82, 2.24) is 65.6 Å². The molecule has 12 rings (SSSR count). The van der Waals surface area contributed by atoms with Gasteiger partial charge in [-0.3, -0.25) is 58.2 Å². The van der Waals surface area contributed by atoms with Gasteiger partial charge in [-0.25, -0.2) is 14.4 Å². The number of ketones is 1. The Balaban J connectivity index is 0.000000172. The van der Waals surface area contributed by atoms with Crippen LogP contribution in [-0.4, -0.2) is 220 Å². The summed E-state index contributed by atoms with van der Waals surface area (Å²) in [6, 6.07) is 18.7. The van der Waals surface area contributed by atoms with E-state index in [0.717, 1.165) is 35.8 Å². The van der Waals surface area contributed by atoms with Crippen LogP contribution >= 0.6 is 0 Å². The minimum absolute atomic E-state index is 0.0676. The van der Waals surface area contributed by atoms with Crippen LogP contribution in [-0.2, 0) is 62.3 Å². The third kappa shape index (κ3) is 19.0. The average Bonchev–Trinajstić information content (AvgIpc) is 1.71. The molecule has 0 radical (unpaired) electrons. The monoisotopic (exact) mass is 1470 g/mol. The van der Waals surface area contributed by atoms with Crippen LogP contribution in [0.2, 0.25) is 0 Å². The van der Waals surface area contributed by atoms with Crippen molar-refractivity contribution in [2.24, 2.45) is 17.8 Å². The molecule has 7 N–H and O–H groups in total. The van der Waals surface area contributed by atoms with Crippen LogP contribution in [0.15, 0.2) is 111 Å². The number of urea groups is 3. The lowest BCUT2D eigenvalue weighted by Crippen LogP contribution is -2.55. The number of H-pyrrole nitrogens is 3. The van der Waals surface area contributed by atoms with E-state index in [-0.39, 0.29) is 134 Å². The maximum Gasteiger partial charge on any atom is 0.324 e. The van der Waals surface area contributed by atoms with E-state index >= 15 is 0 Å². The molecule has 6 heterocycles. The molecular weight excluding hydrogens is 1360 g/mol. The molecule has 3 aromatic carbocycles. The number of carbonyl (C=O) groups excluding carboxylic acids is 10. The number of aromatic amines is 3. The smallest absolute Gasteiger partial charge is 0.324 e. The first-order valence-electron chi connectivity index (χ1n) is 38.3. The second kappa shape index (κ2) is 37.7. The normalized spacial score (nSPS) is 21.0. The highest BCUT2D eigenvalue weighted by Gasteiger charge is 2.48. The number of Topliss-reactive ketones (excluding diaryl/α,β-unsaturated/α-hetero) is 1. The van der Waals surface area contributed by atoms with E-state index in [2.05, 4.69) is 144 Å². The molecule has 9 atom stereocenters. The molecule has 574 valence electrons. The number of hydrogen-bond acceptors (Lipinski definition) is 15. The van der Waals surface area contributed by atoms with Crippen LogP contribution < -0.4 is 21.3 Å². The molecule has 6 aliphatic rings. The first kappa shape index (κ1) is 79.8. The van der Waals surface area contributed by atoms with Gasteiger partial charge in [0.05, 0.1) is 31.0 Å². The Hall–Kier alpha value is -9.72. The molecule has 0 unspecified atom stereocenters. The molecule has 3 aliphatic heterocycles. The molecule has 107 heavy (non-hydrogen) atoms. The predicted octanol–water partition coefficient (Wildman–Crippen LogP) is 9.90. The Labute approximate surface area is 627 Å². The topological polar surface area (TPSA) is 304 Å². The fourth-order valence-electron chi connectivity index (χ4n) is 17.3. The summed E-state index contributed by atoms with van der Waals surface area (Å²) in [6.45, 7) is 28.0. The number of benzene rings is 3. The van der Waals surface area contributed by atoms with E-state index in [4.69, 9.17) is 9.47 Å². The van der Waals surface area contributed by atoms with Crippen LogP contribution in [0.3, 0.4) is 0 Å². The van der Waals surface area contributed by atoms with Gasteiger partial charge in [-0.15, -0.1) is 19.7 Å². The number of carbonyl (C=O) groups is 10. The summed E-state index contributed by atoms with van der Waals surface area (Å²) in [5, 5.41) is 15.0. The van der Waals surface area contributed by atoms with Crippen molar-refractivity contribution >= 4 is 92.2 Å². The molecule has 25 nitrogen and oxygen atoms in total. The van der Waals surface area contributed by atoms with Gasteiger partial charge in [0.2, 0.25) is 23.6 Å². The molecular formula is C82H109N13O12. The van der Waals surface area contributed by atoms with E-state index in [1.54, 1.807) is 0 Å². The molecule has 0 bridgehead atoms. The summed E-state index contributed by atoms with van der Waals surface area (Å²) in [5.74, 6) is -1.68. The largest absolute Gasteiger partial charge is 0.466 e. The zero-order chi connectivity index (χ0) is 76.4. The van der Waals surface area contributed by atoms with Gasteiger partial charge in [-0.1, -0.05) is 54.6 Å². The van der Waals surface area contributed by atoms with Crippen LogP contribution in [0.25, 0.3) is 32.7 Å². The molecule has 0 saturated carbocycles. The highest BCUT2D eigenvalue weighted by atomic mass is 16.5. The summed E-state index contributed by atoms with van der Waals surface area (Å²) in [7, 11) is 0. The third-order valence-electron chi connectivity index (χ3n) is 21.9. The minimum atomic E-state index is -0.397. The van der Waals surface area contributed by atoms with Gasteiger partial charge in [0.25, 0.3) is 0 Å². The zero-order valence-corrected chi connectivity index (χ0v) is 63.2. The lowest BCUT2D eigenvalue weighted by Gasteiger charge is -2.47. The summed E-state index contributed by atoms with van der Waals surface area (Å²) in [5.41, 5.74) is 11.1. The summed E-state index contributed by atoms with van der Waals surface area (Å²) < 4.78 is 10.0. The predicted molar refractivity (Wildman–Crippen MR) is 412 cm³/mol. The quantitative estimate of drug-likeness (QED) is 0.0137. The lowest BCUT2D eigenvalue weighted by atomic mass is 9.72. The van der Waals surface area contributed by atoms with E-state index < -0.39 is 18.1 Å². The minimum Gasteiger partial charge on any atom is -0.466 e. The number of nitrogens with one attached hydrogen (secondary N) is 7. The summed E-state index contributed by atoms with van der Waals surface area (Å²) in [6.07, 6.45) is 19.3. The molecule has 10 amide bonds. The Morgan fingerprint density at radius 1 is 0.467 bits per heavy atom. The fraction of sp³-hybridized carbons (Fsp3) is 0.512. The molecule has 3 saturated heterocycles. The number of amides is 10. The van der Waals surface area contributed by atoms with Crippen LogP contribution in [0, 0.1) is 17.8 Å². The maximum atomic E-state index is 13.9. The van der Waals surface area contributed by atoms with Crippen LogP contribution in [0.5, 0.6) is 0 Å². The molecule has 3 aliphatic carbocycles. The Morgan fingerprint density at radius 3 is 1.11 bits per heavy atom. The van der Waals surface area contributed by atoms with Crippen molar-refractivity contribution in [2.45, 2.75) is 154 Å². The first-order valence-corrected chi connectivity index (χ1v) is 38.3. The molecule has 25 heteroatoms. The van der Waals surface area contributed by atoms with Crippen molar-refractivity contribution in [2.75, 3.05) is 98.3 Å². The number of esters is 2. The van der Waals surface area contributed by atoms with Crippen molar-refractivity contribution in [3.8, 4) is 0 Å². The van der Waals surface area contributed by atoms with Gasteiger partial charge in [-0.2, -0.15) is 0 Å². The standard InChI is InChI=1S/C30H41N5O4.2C26H34N4O4/c1-4-14-34-19-22(16-24-23-10-7-11-25-28(23)21(18-33-25)17-26(24)34)29(38)35(30(39)31-5-2)15-8-13-32-27(37)12-6-9-20(3)36;2*1-4-10-29-16-19(25(32)30(26(33)27-5-2)11-7-12-34-17(3)31)13-21-20-8-6-9-22-24(20)18(15-28-22)14-23(21)29/h4,7,10-11,18,22,24,26,33H,1,5-6,8-9,12-17,19H2,2-3H3,(H,31,39)(H,32,37);2*4,6,8-9,15,19,21,23,28H,1,5,7,10-14,16H2,2-3H3,(H,27,33)/t22-,24-,26-;2*19-,21-,23-/m111/s1. The second-order valence-electron chi connectivity index (χ2n) is 29.0. The zero-order valence-electron chi connectivity index (χ0n) is 63.2. The number of piperidine rings is 3. The van der Waals surface area contributed by atoms with Gasteiger partial charge < -0.3 is 50.5 Å². The van der Waals surface area contributed by atoms with Gasteiger partial charge in [0.15, 0.2) is 0 Å². The van der Waals surface area contributed by atoms with Gasteiger partial charge >= 0.3 is 30.0 Å². The molecule has 3 fully saturated rings. The van der Waals surface area contributed by atoms with Crippen molar-refractivity contribution in [1.29, 1.82) is 0 Å². The molecule has 0 spiro atoms. The highest BCUT2D eigenvalue weighted by molar-refractivity contribution is 5.98. The Bertz CT molecular complexity index is 4040. The number of hydrogen-bond donors (Lipinski definition) is 7. The number of ether oxygens (including phenoxy) is 2. The van der Waals surface area contributed by atoms with E-state index in [1.807, 2.05) is 39.0 Å². The van der Waals surface area contributed by atoms with Crippen LogP contribution in [0.1, 0.15) is 150 Å². The number of nitrogens with zero attached hydrogens (tertiary/aromatic N) is 6. The number of imide groups is 3. The Kier molecular flexibility index (Phi) is 28.1. The second-order valence-corrected chi connectivity index (χ2v) is 29.0. The third-order valence-corrected chi connectivity index (χ3v) is 21.9. The maximum absolute atomic E-state index is 13.9. The number of rotatable bonds is 28. The SMILES string of the molecule is C=CCN1C[C@H](C(=O)N(CCCNC(=O)CCCC(C)=O)C(=O)NCC)C[C@@H]2c3cccc4[nH]cc(c34)C[C@H]21.C=CCN1C[C@H](C(=O)N(CCCOC(C)=O)C(=O)NCC)C[C@@H]2c3cccc4[nH]cc(c34)C[C@H]21.C=CCN1C[C@H](C(=O)N(CCCOC(C)=O)C(=O)NCC)C[C@@H]2c3cccc4[nH]cc(c34)C[C@H]21. The lowest BCUT2D eigenvalue weighted by molar-refractivity contribution is -0.142. The number of aromatic nitrogens is 3. The molecule has 6 aromatic rings. The van der Waals surface area contributed by atoms with Gasteiger partial charge in [0.1, 0.15) is 5.78 Å². The average molecular weight is 1470 g/mol. The summed E-state index contributed by atoms with van der Waals surface area (Å²) in [4.78, 5) is 146. The van der Waals surface area contributed by atoms with E-state index in [1.165, 1.54) is 85.0 Å². The first-order chi connectivity index (χ1) is 51.7. The van der Waals surface area contributed by atoms with Gasteiger partial charge in [-0.05, 0) is 143 Å². The highest BCUT2D eigenvalue weighted by Crippen LogP contribution is 2.48. The van der Waals surface area contributed by atoms with Crippen molar-refractivity contribution < 1.29 is 57.4 Å². The molecule has 3 aromatic heterocycles. The fourth-order valence-corrected chi connectivity index (χ4v) is 17.3.